The van der Waals surface area contributed by atoms with Gasteiger partial charge in [-0.05, 0) is 62.2 Å². The van der Waals surface area contributed by atoms with Gasteiger partial charge in [-0.25, -0.2) is 0 Å². The highest BCUT2D eigenvalue weighted by molar-refractivity contribution is 6.34. The number of hydrogen-bond donors (Lipinski definition) is 2. The van der Waals surface area contributed by atoms with Crippen molar-refractivity contribution in [1.29, 1.82) is 0 Å². The third-order valence-corrected chi connectivity index (χ3v) is 3.55. The van der Waals surface area contributed by atoms with Crippen LogP contribution in [0.3, 0.4) is 0 Å². The molecule has 1 amide bonds. The summed E-state index contributed by atoms with van der Waals surface area (Å²) in [5, 5.41) is 6.63. The highest BCUT2D eigenvalue weighted by Gasteiger charge is 2.11. The number of carbonyl (C=O) groups is 1. The fraction of sp³-hybridized carbons (Fsp3) is 0.235. The Morgan fingerprint density at radius 2 is 1.90 bits per heavy atom. The second-order valence-corrected chi connectivity index (χ2v) is 5.40. The van der Waals surface area contributed by atoms with Gasteiger partial charge in [0.05, 0.1) is 10.7 Å². The Hall–Kier alpha value is -2.00. The maximum absolute atomic E-state index is 12.4. The van der Waals surface area contributed by atoms with E-state index in [0.29, 0.717) is 16.3 Å². The highest BCUT2D eigenvalue weighted by Crippen LogP contribution is 2.24. The molecule has 0 aliphatic carbocycles. The lowest BCUT2D eigenvalue weighted by atomic mass is 10.1. The van der Waals surface area contributed by atoms with Crippen LogP contribution < -0.4 is 10.6 Å². The molecule has 2 aromatic carbocycles. The lowest BCUT2D eigenvalue weighted by molar-refractivity contribution is 0.102. The molecule has 110 valence electrons. The molecule has 2 rings (SSSR count). The largest absolute Gasteiger partial charge is 0.385 e. The van der Waals surface area contributed by atoms with Crippen molar-refractivity contribution < 1.29 is 4.79 Å². The van der Waals surface area contributed by atoms with Gasteiger partial charge in [0.15, 0.2) is 0 Å². The summed E-state index contributed by atoms with van der Waals surface area (Å²) in [7, 11) is 0. The molecule has 0 aromatic heterocycles. The molecule has 0 atom stereocenters. The molecule has 2 aromatic rings. The van der Waals surface area contributed by atoms with Gasteiger partial charge in [0.2, 0.25) is 0 Å². The molecule has 0 radical (unpaired) electrons. The third kappa shape index (κ3) is 3.76. The van der Waals surface area contributed by atoms with Gasteiger partial charge in [-0.2, -0.15) is 0 Å². The zero-order chi connectivity index (χ0) is 15.4. The standard InChI is InChI=1S/C17H19ClN2O/c1-4-19-13-6-7-14(12(3)10-13)17(21)20-16-9-11(2)5-8-15(16)18/h5-10,19H,4H2,1-3H3,(H,20,21). The van der Waals surface area contributed by atoms with E-state index in [0.717, 1.165) is 23.4 Å². The Morgan fingerprint density at radius 1 is 1.14 bits per heavy atom. The normalized spacial score (nSPS) is 10.3. The van der Waals surface area contributed by atoms with E-state index in [9.17, 15) is 4.79 Å². The van der Waals surface area contributed by atoms with Gasteiger partial charge in [0.1, 0.15) is 0 Å². The van der Waals surface area contributed by atoms with Gasteiger partial charge in [-0.1, -0.05) is 17.7 Å². The maximum atomic E-state index is 12.4. The molecule has 3 nitrogen and oxygen atoms in total. The third-order valence-electron chi connectivity index (χ3n) is 3.22. The molecule has 0 saturated heterocycles. The lowest BCUT2D eigenvalue weighted by Crippen LogP contribution is -2.14. The number of amides is 1. The highest BCUT2D eigenvalue weighted by atomic mass is 35.5. The minimum atomic E-state index is -0.150. The summed E-state index contributed by atoms with van der Waals surface area (Å²) < 4.78 is 0. The average molecular weight is 303 g/mol. The van der Waals surface area contributed by atoms with E-state index in [1.54, 1.807) is 6.07 Å². The van der Waals surface area contributed by atoms with Gasteiger partial charge < -0.3 is 10.6 Å². The van der Waals surface area contributed by atoms with Crippen LogP contribution in [0.1, 0.15) is 28.4 Å². The molecule has 0 aliphatic rings. The van der Waals surface area contributed by atoms with Crippen LogP contribution >= 0.6 is 11.6 Å². The number of anilines is 2. The molecule has 21 heavy (non-hydrogen) atoms. The van der Waals surface area contributed by atoms with Gasteiger partial charge in [0, 0.05) is 17.8 Å². The summed E-state index contributed by atoms with van der Waals surface area (Å²) in [6.07, 6.45) is 0. The maximum Gasteiger partial charge on any atom is 0.255 e. The molecule has 0 fully saturated rings. The van der Waals surface area contributed by atoms with Crippen molar-refractivity contribution >= 4 is 28.9 Å². The van der Waals surface area contributed by atoms with E-state index in [2.05, 4.69) is 10.6 Å². The van der Waals surface area contributed by atoms with E-state index < -0.39 is 0 Å². The Bertz CT molecular complexity index is 668. The van der Waals surface area contributed by atoms with Crippen molar-refractivity contribution in [2.75, 3.05) is 17.2 Å². The van der Waals surface area contributed by atoms with Crippen LogP contribution in [-0.4, -0.2) is 12.5 Å². The van der Waals surface area contributed by atoms with Gasteiger partial charge in [-0.3, -0.25) is 4.79 Å². The van der Waals surface area contributed by atoms with Crippen molar-refractivity contribution in [2.45, 2.75) is 20.8 Å². The van der Waals surface area contributed by atoms with E-state index in [-0.39, 0.29) is 5.91 Å². The fourth-order valence-corrected chi connectivity index (χ4v) is 2.32. The molecule has 0 spiro atoms. The first-order chi connectivity index (χ1) is 10.0. The summed E-state index contributed by atoms with van der Waals surface area (Å²) >= 11 is 6.11. The fourth-order valence-electron chi connectivity index (χ4n) is 2.16. The van der Waals surface area contributed by atoms with Crippen LogP contribution in [0.5, 0.6) is 0 Å². The minimum absolute atomic E-state index is 0.150. The van der Waals surface area contributed by atoms with Crippen molar-refractivity contribution in [1.82, 2.24) is 0 Å². The van der Waals surface area contributed by atoms with Crippen LogP contribution in [-0.2, 0) is 0 Å². The van der Waals surface area contributed by atoms with Crippen LogP contribution in [0.2, 0.25) is 5.02 Å². The SMILES string of the molecule is CCNc1ccc(C(=O)Nc2cc(C)ccc2Cl)c(C)c1. The number of nitrogens with one attached hydrogen (secondary N) is 2. The molecule has 0 bridgehead atoms. The van der Waals surface area contributed by atoms with E-state index in [1.807, 2.05) is 51.1 Å². The molecular weight excluding hydrogens is 284 g/mol. The predicted molar refractivity (Wildman–Crippen MR) is 89.5 cm³/mol. The van der Waals surface area contributed by atoms with Crippen molar-refractivity contribution in [3.8, 4) is 0 Å². The summed E-state index contributed by atoms with van der Waals surface area (Å²) in [5.41, 5.74) is 4.27. The Balaban J connectivity index is 2.22. The second-order valence-electron chi connectivity index (χ2n) is 5.00. The van der Waals surface area contributed by atoms with Gasteiger partial charge >= 0.3 is 0 Å². The number of hydrogen-bond acceptors (Lipinski definition) is 2. The smallest absolute Gasteiger partial charge is 0.255 e. The van der Waals surface area contributed by atoms with Crippen LogP contribution in [0.4, 0.5) is 11.4 Å². The first-order valence-electron chi connectivity index (χ1n) is 6.93. The number of aryl methyl sites for hydroxylation is 2. The average Bonchev–Trinajstić information content (AvgIpc) is 2.43. The number of benzene rings is 2. The van der Waals surface area contributed by atoms with Crippen LogP contribution in [0, 0.1) is 13.8 Å². The van der Waals surface area contributed by atoms with Crippen molar-refractivity contribution in [3.63, 3.8) is 0 Å². The predicted octanol–water partition coefficient (Wildman–Crippen LogP) is 4.64. The van der Waals surface area contributed by atoms with Crippen LogP contribution in [0.25, 0.3) is 0 Å². The Kier molecular flexibility index (Phi) is 4.86. The summed E-state index contributed by atoms with van der Waals surface area (Å²) in [6, 6.07) is 11.3. The van der Waals surface area contributed by atoms with Crippen LogP contribution in [0.15, 0.2) is 36.4 Å². The monoisotopic (exact) mass is 302 g/mol. The van der Waals surface area contributed by atoms with Gasteiger partial charge in [-0.15, -0.1) is 0 Å². The molecule has 4 heteroatoms. The molecule has 0 heterocycles. The minimum Gasteiger partial charge on any atom is -0.385 e. The zero-order valence-corrected chi connectivity index (χ0v) is 13.2. The van der Waals surface area contributed by atoms with Crippen molar-refractivity contribution in [2.24, 2.45) is 0 Å². The van der Waals surface area contributed by atoms with E-state index in [1.165, 1.54) is 0 Å². The van der Waals surface area contributed by atoms with Crippen molar-refractivity contribution in [3.05, 3.63) is 58.1 Å². The molecule has 0 unspecified atom stereocenters. The zero-order valence-electron chi connectivity index (χ0n) is 12.5. The number of halogens is 1. The topological polar surface area (TPSA) is 41.1 Å². The number of rotatable bonds is 4. The molecule has 2 N–H and O–H groups in total. The Morgan fingerprint density at radius 3 is 2.57 bits per heavy atom. The summed E-state index contributed by atoms with van der Waals surface area (Å²) in [4.78, 5) is 12.4. The quantitative estimate of drug-likeness (QED) is 0.863. The summed E-state index contributed by atoms with van der Waals surface area (Å²) in [5.74, 6) is -0.150. The van der Waals surface area contributed by atoms with E-state index in [4.69, 9.17) is 11.6 Å². The van der Waals surface area contributed by atoms with Gasteiger partial charge in [0.25, 0.3) is 5.91 Å². The Labute approximate surface area is 130 Å². The number of carbonyl (C=O) groups excluding carboxylic acids is 1. The first-order valence-corrected chi connectivity index (χ1v) is 7.31. The summed E-state index contributed by atoms with van der Waals surface area (Å²) in [6.45, 7) is 6.77. The second kappa shape index (κ2) is 6.64. The first kappa shape index (κ1) is 15.4. The molecular formula is C17H19ClN2O. The van der Waals surface area contributed by atoms with E-state index >= 15 is 0 Å². The lowest BCUT2D eigenvalue weighted by Gasteiger charge is -2.11. The molecule has 0 saturated carbocycles. The molecule has 0 aliphatic heterocycles.